The van der Waals surface area contributed by atoms with Gasteiger partial charge in [0.1, 0.15) is 5.69 Å². The molecule has 7 nitrogen and oxygen atoms in total. The molecule has 3 heterocycles. The summed E-state index contributed by atoms with van der Waals surface area (Å²) in [6.07, 6.45) is 3.37. The molecule has 0 aliphatic carbocycles. The van der Waals surface area contributed by atoms with Gasteiger partial charge in [-0.05, 0) is 37.6 Å². The zero-order chi connectivity index (χ0) is 21.8. The Bertz CT molecular complexity index is 1250. The summed E-state index contributed by atoms with van der Waals surface area (Å²) in [7, 11) is 0. The third-order valence-electron chi connectivity index (χ3n) is 4.62. The summed E-state index contributed by atoms with van der Waals surface area (Å²) in [6.45, 7) is 4.19. The Kier molecular flexibility index (Phi) is 5.99. The van der Waals surface area contributed by atoms with E-state index in [1.807, 2.05) is 56.3 Å². The normalized spacial score (nSPS) is 10.9. The predicted octanol–water partition coefficient (Wildman–Crippen LogP) is 3.94. The number of amides is 1. The van der Waals surface area contributed by atoms with Crippen molar-refractivity contribution >= 4 is 17.2 Å². The molecule has 31 heavy (non-hydrogen) atoms. The van der Waals surface area contributed by atoms with Gasteiger partial charge in [-0.25, -0.2) is 9.67 Å². The molecule has 0 saturated heterocycles. The first kappa shape index (κ1) is 20.6. The second-order valence-electron chi connectivity index (χ2n) is 7.20. The van der Waals surface area contributed by atoms with Crippen LogP contribution in [0.15, 0.2) is 71.8 Å². The summed E-state index contributed by atoms with van der Waals surface area (Å²) >= 11 is 1.26. The van der Waals surface area contributed by atoms with Crippen molar-refractivity contribution in [1.82, 2.24) is 25.1 Å². The predicted molar refractivity (Wildman–Crippen MR) is 121 cm³/mol. The van der Waals surface area contributed by atoms with Crippen molar-refractivity contribution in [1.29, 1.82) is 0 Å². The minimum Gasteiger partial charge on any atom is -0.346 e. The summed E-state index contributed by atoms with van der Waals surface area (Å²) in [5.41, 5.74) is 2.94. The number of hydrogen-bond acceptors (Lipinski definition) is 6. The lowest BCUT2D eigenvalue weighted by Crippen LogP contribution is -2.23. The Morgan fingerprint density at radius 1 is 1.06 bits per heavy atom. The highest BCUT2D eigenvalue weighted by Crippen LogP contribution is 2.35. The molecule has 8 heteroatoms. The minimum absolute atomic E-state index is 0.0799. The van der Waals surface area contributed by atoms with E-state index >= 15 is 0 Å². The number of carbonyl (C=O) groups is 1. The van der Waals surface area contributed by atoms with Crippen LogP contribution in [0.25, 0.3) is 21.8 Å². The molecule has 4 rings (SSSR count). The van der Waals surface area contributed by atoms with E-state index in [-0.39, 0.29) is 17.5 Å². The number of benzene rings is 1. The first-order chi connectivity index (χ1) is 15.0. The molecule has 0 saturated carbocycles. The van der Waals surface area contributed by atoms with Gasteiger partial charge >= 0.3 is 0 Å². The molecule has 0 aliphatic heterocycles. The number of aromatic nitrogens is 4. The quantitative estimate of drug-likeness (QED) is 0.499. The second-order valence-corrected chi connectivity index (χ2v) is 8.20. The Balaban J connectivity index is 1.72. The highest BCUT2D eigenvalue weighted by atomic mass is 32.1. The third kappa shape index (κ3) is 4.59. The van der Waals surface area contributed by atoms with E-state index in [9.17, 15) is 9.59 Å². The lowest BCUT2D eigenvalue weighted by Gasteiger charge is -2.09. The average Bonchev–Trinajstić information content (AvgIpc) is 3.24. The fourth-order valence-electron chi connectivity index (χ4n) is 3.06. The first-order valence-electron chi connectivity index (χ1n) is 9.86. The van der Waals surface area contributed by atoms with E-state index < -0.39 is 0 Å². The van der Waals surface area contributed by atoms with Gasteiger partial charge < -0.3 is 5.32 Å². The summed E-state index contributed by atoms with van der Waals surface area (Å²) in [5.74, 6) is -0.262. The van der Waals surface area contributed by atoms with E-state index in [1.54, 1.807) is 18.5 Å². The number of nitrogens with one attached hydrogen (secondary N) is 1. The van der Waals surface area contributed by atoms with Gasteiger partial charge in [0.25, 0.3) is 11.5 Å². The van der Waals surface area contributed by atoms with Crippen molar-refractivity contribution < 1.29 is 4.79 Å². The van der Waals surface area contributed by atoms with Crippen LogP contribution in [0.1, 0.15) is 35.3 Å². The van der Waals surface area contributed by atoms with Gasteiger partial charge in [0.15, 0.2) is 5.01 Å². The van der Waals surface area contributed by atoms with E-state index in [0.29, 0.717) is 22.9 Å². The molecule has 4 aromatic rings. The first-order valence-corrected chi connectivity index (χ1v) is 10.7. The molecule has 3 aromatic heterocycles. The number of carbonyl (C=O) groups excluding carboxylic acids is 1. The molecule has 0 bridgehead atoms. The van der Waals surface area contributed by atoms with Gasteiger partial charge in [-0.15, -0.1) is 11.3 Å². The standard InChI is InChI=1S/C23H21N5O2S/c1-15(2)28-19(29)9-8-18(27-28)21-20(17-6-4-3-5-7-17)26-23(31-21)22(30)25-14-16-10-12-24-13-11-16/h3-13,15H,14H2,1-2H3,(H,25,30). The molecule has 0 aliphatic rings. The van der Waals surface area contributed by atoms with E-state index in [2.05, 4.69) is 20.4 Å². The molecule has 0 unspecified atom stereocenters. The number of nitrogens with zero attached hydrogens (tertiary/aromatic N) is 4. The van der Waals surface area contributed by atoms with Crippen molar-refractivity contribution in [2.45, 2.75) is 26.4 Å². The summed E-state index contributed by atoms with van der Waals surface area (Å²) in [6, 6.07) is 16.4. The van der Waals surface area contributed by atoms with E-state index in [4.69, 9.17) is 0 Å². The Hall–Kier alpha value is -3.65. The van der Waals surface area contributed by atoms with Crippen LogP contribution in [0.4, 0.5) is 0 Å². The van der Waals surface area contributed by atoms with Crippen molar-refractivity contribution in [3.8, 4) is 21.8 Å². The molecular formula is C23H21N5O2S. The monoisotopic (exact) mass is 431 g/mol. The highest BCUT2D eigenvalue weighted by molar-refractivity contribution is 7.17. The average molecular weight is 432 g/mol. The van der Waals surface area contributed by atoms with Crippen molar-refractivity contribution in [2.24, 2.45) is 0 Å². The molecule has 156 valence electrons. The van der Waals surface area contributed by atoms with Gasteiger partial charge in [-0.3, -0.25) is 14.6 Å². The maximum absolute atomic E-state index is 12.8. The molecule has 0 fully saturated rings. The van der Waals surface area contributed by atoms with Crippen LogP contribution in [0.3, 0.4) is 0 Å². The van der Waals surface area contributed by atoms with Gasteiger partial charge in [-0.2, -0.15) is 5.10 Å². The molecule has 0 spiro atoms. The fraction of sp³-hybridized carbons (Fsp3) is 0.174. The van der Waals surface area contributed by atoms with Crippen LogP contribution in [0, 0.1) is 0 Å². The molecule has 0 atom stereocenters. The van der Waals surface area contributed by atoms with Gasteiger partial charge in [0.05, 0.1) is 16.6 Å². The van der Waals surface area contributed by atoms with Gasteiger partial charge in [0, 0.05) is 30.6 Å². The minimum atomic E-state index is -0.262. The lowest BCUT2D eigenvalue weighted by molar-refractivity contribution is 0.0950. The zero-order valence-corrected chi connectivity index (χ0v) is 18.0. The second kappa shape index (κ2) is 9.01. The Morgan fingerprint density at radius 3 is 2.52 bits per heavy atom. The maximum atomic E-state index is 12.8. The van der Waals surface area contributed by atoms with E-state index in [0.717, 1.165) is 16.0 Å². The molecular weight excluding hydrogens is 410 g/mol. The van der Waals surface area contributed by atoms with Gasteiger partial charge in [0.2, 0.25) is 0 Å². The summed E-state index contributed by atoms with van der Waals surface area (Å²) in [4.78, 5) is 34.3. The fourth-order valence-corrected chi connectivity index (χ4v) is 4.03. The SMILES string of the molecule is CC(C)n1nc(-c2sc(C(=O)NCc3ccncc3)nc2-c2ccccc2)ccc1=O. The lowest BCUT2D eigenvalue weighted by atomic mass is 10.1. The van der Waals surface area contributed by atoms with Crippen LogP contribution >= 0.6 is 11.3 Å². The number of hydrogen-bond donors (Lipinski definition) is 1. The van der Waals surface area contributed by atoms with Crippen LogP contribution in [0.2, 0.25) is 0 Å². The number of pyridine rings is 1. The number of rotatable bonds is 6. The van der Waals surface area contributed by atoms with Crippen LogP contribution in [0.5, 0.6) is 0 Å². The van der Waals surface area contributed by atoms with Crippen molar-refractivity contribution in [2.75, 3.05) is 0 Å². The third-order valence-corrected chi connectivity index (χ3v) is 5.69. The molecule has 1 aromatic carbocycles. The topological polar surface area (TPSA) is 89.8 Å². The molecule has 1 N–H and O–H groups in total. The smallest absolute Gasteiger partial charge is 0.280 e. The van der Waals surface area contributed by atoms with Crippen molar-refractivity contribution in [3.05, 3.63) is 87.9 Å². The molecule has 1 amide bonds. The maximum Gasteiger partial charge on any atom is 0.280 e. The van der Waals surface area contributed by atoms with Crippen molar-refractivity contribution in [3.63, 3.8) is 0 Å². The summed E-state index contributed by atoms with van der Waals surface area (Å²) in [5, 5.41) is 7.77. The van der Waals surface area contributed by atoms with Crippen LogP contribution < -0.4 is 10.9 Å². The van der Waals surface area contributed by atoms with Gasteiger partial charge in [-0.1, -0.05) is 30.3 Å². The molecule has 0 radical (unpaired) electrons. The zero-order valence-electron chi connectivity index (χ0n) is 17.1. The van der Waals surface area contributed by atoms with Crippen LogP contribution in [-0.2, 0) is 6.54 Å². The summed E-state index contributed by atoms with van der Waals surface area (Å²) < 4.78 is 1.44. The number of thiazole rings is 1. The Morgan fingerprint density at radius 2 is 1.81 bits per heavy atom. The Labute approximate surface area is 183 Å². The van der Waals surface area contributed by atoms with E-state index in [1.165, 1.54) is 22.1 Å². The highest BCUT2D eigenvalue weighted by Gasteiger charge is 2.21. The largest absolute Gasteiger partial charge is 0.346 e. The van der Waals surface area contributed by atoms with Crippen LogP contribution in [-0.4, -0.2) is 25.7 Å².